The maximum atomic E-state index is 11.8. The van der Waals surface area contributed by atoms with Gasteiger partial charge in [-0.25, -0.2) is 4.79 Å². The first kappa shape index (κ1) is 16.6. The zero-order valence-corrected chi connectivity index (χ0v) is 13.3. The molecule has 0 aromatic heterocycles. The van der Waals surface area contributed by atoms with Crippen LogP contribution < -0.4 is 15.4 Å². The number of rotatable bonds is 6. The van der Waals surface area contributed by atoms with Gasteiger partial charge in [0.15, 0.2) is 0 Å². The summed E-state index contributed by atoms with van der Waals surface area (Å²) in [6, 6.07) is 7.73. The second kappa shape index (κ2) is 8.03. The van der Waals surface area contributed by atoms with Gasteiger partial charge in [0, 0.05) is 6.54 Å². The Balaban J connectivity index is 1.69. The quantitative estimate of drug-likeness (QED) is 0.756. The highest BCUT2D eigenvalue weighted by Gasteiger charge is 2.26. The smallest absolute Gasteiger partial charge is 0.315 e. The van der Waals surface area contributed by atoms with Crippen LogP contribution in [0.2, 0.25) is 0 Å². The molecule has 0 radical (unpaired) electrons. The molecule has 0 spiro atoms. The summed E-state index contributed by atoms with van der Waals surface area (Å²) >= 11 is 0. The molecule has 1 aliphatic rings. The van der Waals surface area contributed by atoms with E-state index in [1.807, 2.05) is 12.1 Å². The van der Waals surface area contributed by atoms with Crippen LogP contribution in [-0.4, -0.2) is 36.9 Å². The van der Waals surface area contributed by atoms with E-state index in [2.05, 4.69) is 29.7 Å². The number of methoxy groups -OCH3 is 1. The SMILES string of the molecule is COc1ccc([C@H](C)CCNC(=O)N[C@@H]2CCC[C@H]2O)cc1. The molecule has 0 saturated heterocycles. The predicted octanol–water partition coefficient (Wildman–Crippen LogP) is 2.40. The van der Waals surface area contributed by atoms with Crippen LogP contribution in [0.25, 0.3) is 0 Å². The van der Waals surface area contributed by atoms with Crippen LogP contribution in [0.4, 0.5) is 4.79 Å². The van der Waals surface area contributed by atoms with Gasteiger partial charge in [-0.2, -0.15) is 0 Å². The molecule has 0 heterocycles. The normalized spacial score (nSPS) is 22.1. The third-order valence-electron chi connectivity index (χ3n) is 4.34. The summed E-state index contributed by atoms with van der Waals surface area (Å²) in [5.74, 6) is 1.21. The van der Waals surface area contributed by atoms with Gasteiger partial charge in [0.2, 0.25) is 0 Å². The Morgan fingerprint density at radius 1 is 1.36 bits per heavy atom. The first-order chi connectivity index (χ1) is 10.6. The van der Waals surface area contributed by atoms with Crippen molar-refractivity contribution in [3.8, 4) is 5.75 Å². The Hall–Kier alpha value is -1.75. The van der Waals surface area contributed by atoms with Crippen LogP contribution in [0, 0.1) is 0 Å². The van der Waals surface area contributed by atoms with E-state index in [9.17, 15) is 9.90 Å². The summed E-state index contributed by atoms with van der Waals surface area (Å²) in [5, 5.41) is 15.4. The predicted molar refractivity (Wildman–Crippen MR) is 86.2 cm³/mol. The molecule has 0 unspecified atom stereocenters. The van der Waals surface area contributed by atoms with Crippen molar-refractivity contribution >= 4 is 6.03 Å². The second-order valence-electron chi connectivity index (χ2n) is 5.97. The van der Waals surface area contributed by atoms with Crippen LogP contribution in [-0.2, 0) is 0 Å². The lowest BCUT2D eigenvalue weighted by Gasteiger charge is -2.18. The molecule has 1 aromatic carbocycles. The molecule has 1 saturated carbocycles. The number of carbonyl (C=O) groups is 1. The highest BCUT2D eigenvalue weighted by Crippen LogP contribution is 2.21. The van der Waals surface area contributed by atoms with E-state index in [-0.39, 0.29) is 12.1 Å². The fourth-order valence-corrected chi connectivity index (χ4v) is 2.83. The molecule has 2 rings (SSSR count). The van der Waals surface area contributed by atoms with Crippen molar-refractivity contribution in [3.63, 3.8) is 0 Å². The van der Waals surface area contributed by atoms with Gasteiger partial charge in [-0.05, 0) is 49.3 Å². The van der Waals surface area contributed by atoms with Crippen molar-refractivity contribution in [2.75, 3.05) is 13.7 Å². The molecule has 0 aliphatic heterocycles. The van der Waals surface area contributed by atoms with Crippen LogP contribution in [0.1, 0.15) is 44.1 Å². The molecule has 1 aliphatic carbocycles. The van der Waals surface area contributed by atoms with Gasteiger partial charge in [0.1, 0.15) is 5.75 Å². The highest BCUT2D eigenvalue weighted by molar-refractivity contribution is 5.74. The Morgan fingerprint density at radius 2 is 2.09 bits per heavy atom. The molecule has 1 aromatic rings. The van der Waals surface area contributed by atoms with Gasteiger partial charge in [-0.3, -0.25) is 0 Å². The third-order valence-corrected chi connectivity index (χ3v) is 4.34. The number of carbonyl (C=O) groups excluding carboxylic acids is 1. The van der Waals surface area contributed by atoms with Crippen molar-refractivity contribution in [3.05, 3.63) is 29.8 Å². The number of aliphatic hydroxyl groups is 1. The summed E-state index contributed by atoms with van der Waals surface area (Å²) in [4.78, 5) is 11.8. The topological polar surface area (TPSA) is 70.6 Å². The lowest BCUT2D eigenvalue weighted by atomic mass is 9.98. The van der Waals surface area contributed by atoms with E-state index in [0.717, 1.165) is 31.4 Å². The van der Waals surface area contributed by atoms with E-state index >= 15 is 0 Å². The maximum Gasteiger partial charge on any atom is 0.315 e. The van der Waals surface area contributed by atoms with Gasteiger partial charge in [-0.15, -0.1) is 0 Å². The zero-order chi connectivity index (χ0) is 15.9. The number of nitrogens with one attached hydrogen (secondary N) is 2. The Morgan fingerprint density at radius 3 is 2.68 bits per heavy atom. The van der Waals surface area contributed by atoms with Crippen LogP contribution in [0.3, 0.4) is 0 Å². The van der Waals surface area contributed by atoms with Crippen molar-refractivity contribution in [1.82, 2.24) is 10.6 Å². The lowest BCUT2D eigenvalue weighted by molar-refractivity contribution is 0.149. The number of benzene rings is 1. The van der Waals surface area contributed by atoms with E-state index < -0.39 is 6.10 Å². The number of amides is 2. The van der Waals surface area contributed by atoms with Gasteiger partial charge in [0.25, 0.3) is 0 Å². The van der Waals surface area contributed by atoms with Crippen molar-refractivity contribution in [2.45, 2.75) is 50.7 Å². The highest BCUT2D eigenvalue weighted by atomic mass is 16.5. The monoisotopic (exact) mass is 306 g/mol. The fraction of sp³-hybridized carbons (Fsp3) is 0.588. The molecule has 5 heteroatoms. The molecule has 3 N–H and O–H groups in total. The standard InChI is InChI=1S/C17H26N2O3/c1-12(13-6-8-14(22-2)9-7-13)10-11-18-17(21)19-15-4-3-5-16(15)20/h6-9,12,15-16,20H,3-5,10-11H2,1-2H3,(H2,18,19,21)/t12-,15-,16-/m1/s1. The number of ether oxygens (including phenoxy) is 1. The minimum absolute atomic E-state index is 0.0981. The molecular weight excluding hydrogens is 280 g/mol. The van der Waals surface area contributed by atoms with E-state index in [0.29, 0.717) is 12.5 Å². The van der Waals surface area contributed by atoms with Crippen LogP contribution in [0.5, 0.6) is 5.75 Å². The van der Waals surface area contributed by atoms with Crippen LogP contribution in [0.15, 0.2) is 24.3 Å². The summed E-state index contributed by atoms with van der Waals surface area (Å²) < 4.78 is 5.15. The van der Waals surface area contributed by atoms with Gasteiger partial charge in [-0.1, -0.05) is 19.1 Å². The number of hydrogen-bond donors (Lipinski definition) is 3. The molecule has 22 heavy (non-hydrogen) atoms. The van der Waals surface area contributed by atoms with Crippen LogP contribution >= 0.6 is 0 Å². The summed E-state index contributed by atoms with van der Waals surface area (Å²) in [6.07, 6.45) is 3.08. The van der Waals surface area contributed by atoms with E-state index in [4.69, 9.17) is 4.74 Å². The van der Waals surface area contributed by atoms with Crippen molar-refractivity contribution in [2.24, 2.45) is 0 Å². The average molecular weight is 306 g/mol. The summed E-state index contributed by atoms with van der Waals surface area (Å²) in [6.45, 7) is 2.75. The molecule has 122 valence electrons. The molecule has 5 nitrogen and oxygen atoms in total. The van der Waals surface area contributed by atoms with Crippen molar-refractivity contribution in [1.29, 1.82) is 0 Å². The number of hydrogen-bond acceptors (Lipinski definition) is 3. The maximum absolute atomic E-state index is 11.8. The Labute approximate surface area is 132 Å². The molecule has 1 fully saturated rings. The Bertz CT molecular complexity index is 475. The van der Waals surface area contributed by atoms with Crippen molar-refractivity contribution < 1.29 is 14.6 Å². The molecule has 0 bridgehead atoms. The number of aliphatic hydroxyl groups excluding tert-OH is 1. The largest absolute Gasteiger partial charge is 0.497 e. The first-order valence-corrected chi connectivity index (χ1v) is 7.96. The van der Waals surface area contributed by atoms with E-state index in [1.54, 1.807) is 7.11 Å². The van der Waals surface area contributed by atoms with E-state index in [1.165, 1.54) is 5.56 Å². The third kappa shape index (κ3) is 4.63. The minimum atomic E-state index is -0.399. The summed E-state index contributed by atoms with van der Waals surface area (Å²) in [5.41, 5.74) is 1.23. The summed E-state index contributed by atoms with van der Waals surface area (Å²) in [7, 11) is 1.66. The van der Waals surface area contributed by atoms with Gasteiger partial charge in [0.05, 0.1) is 19.3 Å². The Kier molecular flexibility index (Phi) is 6.07. The van der Waals surface area contributed by atoms with Gasteiger partial charge >= 0.3 is 6.03 Å². The van der Waals surface area contributed by atoms with Gasteiger partial charge < -0.3 is 20.5 Å². The average Bonchev–Trinajstić information content (AvgIpc) is 2.92. The molecule has 3 atom stereocenters. The second-order valence-corrected chi connectivity index (χ2v) is 5.97. The first-order valence-electron chi connectivity index (χ1n) is 7.96. The zero-order valence-electron chi connectivity index (χ0n) is 13.3. The molecular formula is C17H26N2O3. The number of urea groups is 1. The minimum Gasteiger partial charge on any atom is -0.497 e. The fourth-order valence-electron chi connectivity index (χ4n) is 2.83. The molecule has 2 amide bonds. The lowest BCUT2D eigenvalue weighted by Crippen LogP contribution is -2.45.